The van der Waals surface area contributed by atoms with Crippen molar-refractivity contribution in [3.05, 3.63) is 72.4 Å². The van der Waals surface area contributed by atoms with Gasteiger partial charge < -0.3 is 30.2 Å². The van der Waals surface area contributed by atoms with Crippen molar-refractivity contribution < 1.29 is 14.3 Å². The van der Waals surface area contributed by atoms with E-state index in [4.69, 9.17) is 9.72 Å². The molecule has 44 heavy (non-hydrogen) atoms. The lowest BCUT2D eigenvalue weighted by atomic mass is 9.99. The van der Waals surface area contributed by atoms with Gasteiger partial charge in [0.05, 0.1) is 42.1 Å². The van der Waals surface area contributed by atoms with Gasteiger partial charge in [-0.15, -0.1) is 0 Å². The van der Waals surface area contributed by atoms with E-state index in [0.717, 1.165) is 70.9 Å². The minimum Gasteiger partial charge on any atom is -0.453 e. The maximum absolute atomic E-state index is 13.3. The third-order valence-corrected chi connectivity index (χ3v) is 9.01. The largest absolute Gasteiger partial charge is 0.453 e. The summed E-state index contributed by atoms with van der Waals surface area (Å²) in [6.07, 6.45) is 5.81. The highest BCUT2D eigenvalue weighted by molar-refractivity contribution is 5.92. The molecular formula is C34H37N7O3. The van der Waals surface area contributed by atoms with Crippen LogP contribution in [0.25, 0.3) is 44.2 Å². The maximum Gasteiger partial charge on any atom is 0.407 e. The number of aromatic nitrogens is 4. The molecule has 2 aliphatic heterocycles. The van der Waals surface area contributed by atoms with Crippen molar-refractivity contribution in [2.45, 2.75) is 57.2 Å². The Kier molecular flexibility index (Phi) is 7.51. The molecule has 2 aliphatic rings. The number of H-pyrrole nitrogens is 2. The number of likely N-dealkylation sites (tertiary alicyclic amines) is 1. The van der Waals surface area contributed by atoms with E-state index < -0.39 is 12.1 Å². The summed E-state index contributed by atoms with van der Waals surface area (Å²) < 4.78 is 4.71. The summed E-state index contributed by atoms with van der Waals surface area (Å²) in [4.78, 5) is 43.5. The summed E-state index contributed by atoms with van der Waals surface area (Å²) in [7, 11) is 1.30. The van der Waals surface area contributed by atoms with Gasteiger partial charge in [-0.25, -0.2) is 14.8 Å². The van der Waals surface area contributed by atoms with E-state index in [0.29, 0.717) is 19.0 Å². The Bertz CT molecular complexity index is 1840. The molecule has 3 atom stereocenters. The summed E-state index contributed by atoms with van der Waals surface area (Å²) in [6.45, 7) is 3.55. The Hall–Kier alpha value is -4.70. The minimum absolute atomic E-state index is 0.111. The summed E-state index contributed by atoms with van der Waals surface area (Å²) in [5, 5.41) is 8.50. The quantitative estimate of drug-likeness (QED) is 0.184. The molecule has 10 heteroatoms. The lowest BCUT2D eigenvalue weighted by Crippen LogP contribution is -2.48. The van der Waals surface area contributed by atoms with Crippen LogP contribution >= 0.6 is 0 Å². The Morgan fingerprint density at radius 3 is 2.52 bits per heavy atom. The zero-order chi connectivity index (χ0) is 30.2. The van der Waals surface area contributed by atoms with E-state index in [9.17, 15) is 9.59 Å². The number of ether oxygens (including phenoxy) is 1. The number of rotatable bonds is 7. The molecule has 5 aromatic rings. The second-order valence-corrected chi connectivity index (χ2v) is 11.7. The molecule has 0 unspecified atom stereocenters. The second kappa shape index (κ2) is 11.8. The van der Waals surface area contributed by atoms with Crippen molar-refractivity contribution in [2.75, 3.05) is 20.2 Å². The van der Waals surface area contributed by atoms with E-state index in [-0.39, 0.29) is 11.9 Å². The number of fused-ring (bicyclic) bond motifs is 2. The molecule has 7 rings (SSSR count). The highest BCUT2D eigenvalue weighted by Gasteiger charge is 2.35. The van der Waals surface area contributed by atoms with Crippen LogP contribution in [0.3, 0.4) is 0 Å². The first-order valence-electron chi connectivity index (χ1n) is 15.5. The molecule has 2 amide bonds. The average molecular weight is 592 g/mol. The third-order valence-electron chi connectivity index (χ3n) is 9.01. The van der Waals surface area contributed by atoms with Gasteiger partial charge in [-0.1, -0.05) is 37.3 Å². The van der Waals surface area contributed by atoms with E-state index >= 15 is 0 Å². The van der Waals surface area contributed by atoms with E-state index in [1.165, 1.54) is 24.3 Å². The molecule has 2 fully saturated rings. The number of nitrogens with zero attached hydrogens (tertiary/aromatic N) is 3. The minimum atomic E-state index is -0.630. The molecule has 2 saturated heterocycles. The van der Waals surface area contributed by atoms with Gasteiger partial charge in [0.2, 0.25) is 5.91 Å². The molecule has 0 bridgehead atoms. The number of methoxy groups -OCH3 is 1. The fraction of sp³-hybridized carbons (Fsp3) is 0.353. The summed E-state index contributed by atoms with van der Waals surface area (Å²) >= 11 is 0. The second-order valence-electron chi connectivity index (χ2n) is 11.7. The third kappa shape index (κ3) is 5.30. The van der Waals surface area contributed by atoms with Gasteiger partial charge in [-0.05, 0) is 84.8 Å². The number of alkyl carbamates (subject to hydrolysis) is 1. The Morgan fingerprint density at radius 1 is 0.977 bits per heavy atom. The Balaban J connectivity index is 1.11. The number of imidazole rings is 2. The maximum atomic E-state index is 13.3. The van der Waals surface area contributed by atoms with Crippen LogP contribution in [0.15, 0.2) is 60.8 Å². The predicted molar refractivity (Wildman–Crippen MR) is 170 cm³/mol. The first kappa shape index (κ1) is 28.1. The number of amides is 2. The number of carbonyl (C=O) groups is 2. The highest BCUT2D eigenvalue weighted by Crippen LogP contribution is 2.34. The number of carbonyl (C=O) groups excluding carboxylic acids is 2. The first-order valence-corrected chi connectivity index (χ1v) is 15.5. The monoisotopic (exact) mass is 591 g/mol. The summed E-state index contributed by atoms with van der Waals surface area (Å²) in [5.74, 6) is 1.67. The fourth-order valence-electron chi connectivity index (χ4n) is 6.59. The van der Waals surface area contributed by atoms with Crippen LogP contribution in [-0.2, 0) is 9.53 Å². The van der Waals surface area contributed by atoms with Crippen LogP contribution in [-0.4, -0.2) is 63.1 Å². The normalized spacial score (nSPS) is 19.1. The van der Waals surface area contributed by atoms with Crippen molar-refractivity contribution in [3.63, 3.8) is 0 Å². The molecule has 4 N–H and O–H groups in total. The van der Waals surface area contributed by atoms with Crippen molar-refractivity contribution in [3.8, 4) is 22.4 Å². The Labute approximate surface area is 255 Å². The number of aromatic amines is 2. The Morgan fingerprint density at radius 2 is 1.75 bits per heavy atom. The smallest absolute Gasteiger partial charge is 0.407 e. The van der Waals surface area contributed by atoms with Gasteiger partial charge in [-0.2, -0.15) is 0 Å². The van der Waals surface area contributed by atoms with Gasteiger partial charge in [0.15, 0.2) is 0 Å². The molecule has 0 saturated carbocycles. The van der Waals surface area contributed by atoms with E-state index in [1.807, 2.05) is 24.1 Å². The van der Waals surface area contributed by atoms with Crippen LogP contribution in [0.1, 0.15) is 62.8 Å². The zero-order valence-electron chi connectivity index (χ0n) is 25.0. The molecule has 0 radical (unpaired) electrons. The van der Waals surface area contributed by atoms with Crippen LogP contribution in [0.2, 0.25) is 0 Å². The SMILES string of the molecule is CC[C@H](NC(=O)OC)C(=O)N1CCC[C@H]1c1nc2ccc(-c3ccc4cc(-c5cnc([C@@H]6CCCN6)[nH]5)ccc4c3)cc2[nH]1. The van der Waals surface area contributed by atoms with Gasteiger partial charge in [0, 0.05) is 12.1 Å². The number of hydrogen-bond donors (Lipinski definition) is 4. The molecule has 3 aromatic carbocycles. The van der Waals surface area contributed by atoms with Crippen LogP contribution < -0.4 is 10.6 Å². The topological polar surface area (TPSA) is 128 Å². The van der Waals surface area contributed by atoms with Crippen molar-refractivity contribution in [2.24, 2.45) is 0 Å². The summed E-state index contributed by atoms with van der Waals surface area (Å²) in [6, 6.07) is 18.8. The van der Waals surface area contributed by atoms with Crippen LogP contribution in [0.5, 0.6) is 0 Å². The molecule has 10 nitrogen and oxygen atoms in total. The molecule has 0 spiro atoms. The molecule has 0 aliphatic carbocycles. The van der Waals surface area contributed by atoms with Gasteiger partial charge in [0.25, 0.3) is 0 Å². The zero-order valence-corrected chi connectivity index (χ0v) is 25.0. The lowest BCUT2D eigenvalue weighted by molar-refractivity contribution is -0.134. The number of hydrogen-bond acceptors (Lipinski definition) is 6. The number of benzene rings is 3. The van der Waals surface area contributed by atoms with Crippen LogP contribution in [0, 0.1) is 0 Å². The van der Waals surface area contributed by atoms with Gasteiger partial charge in [-0.3, -0.25) is 4.79 Å². The summed E-state index contributed by atoms with van der Waals surface area (Å²) in [5.41, 5.74) is 6.16. The first-order chi connectivity index (χ1) is 21.5. The van der Waals surface area contributed by atoms with Crippen molar-refractivity contribution >= 4 is 33.8 Å². The van der Waals surface area contributed by atoms with Crippen molar-refractivity contribution in [1.29, 1.82) is 0 Å². The molecule has 2 aromatic heterocycles. The van der Waals surface area contributed by atoms with Gasteiger partial charge >= 0.3 is 6.09 Å². The molecular weight excluding hydrogens is 554 g/mol. The van der Waals surface area contributed by atoms with Crippen molar-refractivity contribution in [1.82, 2.24) is 35.5 Å². The van der Waals surface area contributed by atoms with Gasteiger partial charge in [0.1, 0.15) is 17.7 Å². The predicted octanol–water partition coefficient (Wildman–Crippen LogP) is 6.00. The standard InChI is InChI=1S/C34H37N7O3/c1-3-25(40-34(43)44-2)33(42)41-15-5-7-30(41)32-37-26-13-12-23(18-28(26)38-32)21-8-9-22-17-24(11-10-20(22)16-21)29-19-36-31(39-29)27-6-4-14-35-27/h8-13,16-19,25,27,30,35H,3-7,14-15H2,1-2H3,(H,36,39)(H,37,38)(H,40,43)/t25-,27-,30-/m0/s1. The van der Waals surface area contributed by atoms with Crippen LogP contribution in [0.4, 0.5) is 4.79 Å². The lowest BCUT2D eigenvalue weighted by Gasteiger charge is -2.27. The molecule has 226 valence electrons. The fourth-order valence-corrected chi connectivity index (χ4v) is 6.59. The highest BCUT2D eigenvalue weighted by atomic mass is 16.5. The number of nitrogens with one attached hydrogen (secondary N) is 4. The molecule has 4 heterocycles. The average Bonchev–Trinajstić information content (AvgIpc) is 3.88. The van der Waals surface area contributed by atoms with E-state index in [1.54, 1.807) is 0 Å². The van der Waals surface area contributed by atoms with E-state index in [2.05, 4.69) is 74.1 Å².